The van der Waals surface area contributed by atoms with Crippen LogP contribution in [0, 0.1) is 27.7 Å². The molecular weight excluding hydrogens is 534 g/mol. The molecule has 0 unspecified atom stereocenters. The van der Waals surface area contributed by atoms with E-state index >= 15 is 0 Å². The molecule has 220 valence electrons. The average molecular weight is 578 g/mol. The highest BCUT2D eigenvalue weighted by Gasteiger charge is 2.34. The number of nitrogens with one attached hydrogen (secondary N) is 1. The summed E-state index contributed by atoms with van der Waals surface area (Å²) in [4.78, 5) is 29.2. The van der Waals surface area contributed by atoms with E-state index in [1.165, 1.54) is 9.21 Å². The van der Waals surface area contributed by atoms with Crippen molar-refractivity contribution >= 4 is 27.5 Å². The van der Waals surface area contributed by atoms with E-state index in [0.717, 1.165) is 40.7 Å². The smallest absolute Gasteiger partial charge is 0.264 e. The van der Waals surface area contributed by atoms with E-state index in [9.17, 15) is 18.0 Å². The average Bonchev–Trinajstić information content (AvgIpc) is 2.93. The normalized spacial score (nSPS) is 12.0. The summed E-state index contributed by atoms with van der Waals surface area (Å²) in [5.41, 5.74) is 4.97. The van der Waals surface area contributed by atoms with E-state index in [2.05, 4.69) is 5.32 Å². The summed E-state index contributed by atoms with van der Waals surface area (Å²) >= 11 is 0. The van der Waals surface area contributed by atoms with Crippen molar-refractivity contribution in [3.63, 3.8) is 0 Å². The Morgan fingerprint density at radius 3 is 2.20 bits per heavy atom. The number of sulfonamides is 1. The Bertz CT molecular complexity index is 1450. The number of nitrogens with zero attached hydrogens (tertiary/aromatic N) is 2. The third-order valence-electron chi connectivity index (χ3n) is 7.38. The molecule has 0 aliphatic carbocycles. The fraction of sp³-hybridized carbons (Fsp3) is 0.394. The van der Waals surface area contributed by atoms with Gasteiger partial charge in [-0.2, -0.15) is 0 Å². The number of carbonyl (C=O) groups excluding carboxylic acids is 2. The summed E-state index contributed by atoms with van der Waals surface area (Å²) in [5, 5.41) is 2.97. The number of unbranched alkanes of at least 4 members (excludes halogenated alkanes) is 1. The summed E-state index contributed by atoms with van der Waals surface area (Å²) in [5.74, 6) is -0.678. The molecule has 0 bridgehead atoms. The van der Waals surface area contributed by atoms with Crippen molar-refractivity contribution in [3.8, 4) is 0 Å². The molecule has 3 aromatic rings. The van der Waals surface area contributed by atoms with Gasteiger partial charge in [-0.3, -0.25) is 13.9 Å². The van der Waals surface area contributed by atoms with Crippen molar-refractivity contribution < 1.29 is 18.0 Å². The highest BCUT2D eigenvalue weighted by Crippen LogP contribution is 2.29. The van der Waals surface area contributed by atoms with E-state index in [1.54, 1.807) is 36.4 Å². The van der Waals surface area contributed by atoms with Gasteiger partial charge in [-0.1, -0.05) is 79.9 Å². The minimum atomic E-state index is -4.10. The van der Waals surface area contributed by atoms with Crippen molar-refractivity contribution in [2.24, 2.45) is 0 Å². The molecule has 41 heavy (non-hydrogen) atoms. The van der Waals surface area contributed by atoms with Crippen molar-refractivity contribution in [1.82, 2.24) is 10.2 Å². The number of hydrogen-bond acceptors (Lipinski definition) is 4. The zero-order valence-electron chi connectivity index (χ0n) is 25.1. The number of aryl methyl sites for hydroxylation is 3. The second kappa shape index (κ2) is 14.3. The van der Waals surface area contributed by atoms with Crippen LogP contribution in [0.2, 0.25) is 0 Å². The number of rotatable bonds is 13. The Morgan fingerprint density at radius 2 is 1.56 bits per heavy atom. The Kier molecular flexibility index (Phi) is 11.1. The predicted molar refractivity (Wildman–Crippen MR) is 165 cm³/mol. The minimum Gasteiger partial charge on any atom is -0.354 e. The van der Waals surface area contributed by atoms with Crippen molar-refractivity contribution in [3.05, 3.63) is 94.5 Å². The molecule has 0 spiro atoms. The molecule has 3 aromatic carbocycles. The molecule has 0 aliphatic rings. The van der Waals surface area contributed by atoms with Crippen molar-refractivity contribution in [2.75, 3.05) is 17.4 Å². The van der Waals surface area contributed by atoms with Gasteiger partial charge < -0.3 is 10.2 Å². The summed E-state index contributed by atoms with van der Waals surface area (Å²) in [6.07, 6.45) is 2.16. The highest BCUT2D eigenvalue weighted by molar-refractivity contribution is 7.92. The first kappa shape index (κ1) is 31.9. The molecule has 3 rings (SSSR count). The molecule has 0 fully saturated rings. The molecule has 0 aliphatic heterocycles. The van der Waals surface area contributed by atoms with Gasteiger partial charge in [0.1, 0.15) is 12.6 Å². The summed E-state index contributed by atoms with van der Waals surface area (Å²) in [6.45, 7) is 11.8. The Labute approximate surface area is 245 Å². The van der Waals surface area contributed by atoms with Gasteiger partial charge in [0.2, 0.25) is 11.8 Å². The van der Waals surface area contributed by atoms with Crippen LogP contribution in [0.15, 0.2) is 71.6 Å². The zero-order chi connectivity index (χ0) is 30.2. The van der Waals surface area contributed by atoms with Gasteiger partial charge in [0.15, 0.2) is 0 Å². The lowest BCUT2D eigenvalue weighted by Gasteiger charge is -2.33. The van der Waals surface area contributed by atoms with E-state index in [4.69, 9.17) is 0 Å². The first-order chi connectivity index (χ1) is 19.5. The SMILES string of the molecule is CCCCNC(=O)[C@H](CC)N(Cc1cccc(C)c1)C(=O)CN(c1cccc(C)c1C)S(=O)(=O)c1ccc(C)cc1. The number of anilines is 1. The van der Waals surface area contributed by atoms with E-state index in [1.807, 2.05) is 71.9 Å². The topological polar surface area (TPSA) is 86.8 Å². The summed E-state index contributed by atoms with van der Waals surface area (Å²) in [6, 6.07) is 19.1. The first-order valence-corrected chi connectivity index (χ1v) is 15.7. The third kappa shape index (κ3) is 7.97. The van der Waals surface area contributed by atoms with Crippen LogP contribution in [0.3, 0.4) is 0 Å². The van der Waals surface area contributed by atoms with Crippen LogP contribution in [0.25, 0.3) is 0 Å². The second-order valence-corrected chi connectivity index (χ2v) is 12.5. The van der Waals surface area contributed by atoms with Gasteiger partial charge in [-0.25, -0.2) is 8.42 Å². The Morgan fingerprint density at radius 1 is 0.878 bits per heavy atom. The quantitative estimate of drug-likeness (QED) is 0.259. The molecule has 0 radical (unpaired) electrons. The Hall–Kier alpha value is -3.65. The number of hydrogen-bond donors (Lipinski definition) is 1. The number of amides is 2. The lowest BCUT2D eigenvalue weighted by atomic mass is 10.1. The summed E-state index contributed by atoms with van der Waals surface area (Å²) < 4.78 is 29.4. The molecule has 1 atom stereocenters. The largest absolute Gasteiger partial charge is 0.354 e. The van der Waals surface area contributed by atoms with Crippen LogP contribution in [0.5, 0.6) is 0 Å². The van der Waals surface area contributed by atoms with Gasteiger partial charge >= 0.3 is 0 Å². The van der Waals surface area contributed by atoms with Crippen LogP contribution in [0.1, 0.15) is 60.9 Å². The second-order valence-electron chi connectivity index (χ2n) is 10.6. The van der Waals surface area contributed by atoms with Gasteiger partial charge in [0, 0.05) is 13.1 Å². The van der Waals surface area contributed by atoms with Crippen LogP contribution in [-0.4, -0.2) is 44.3 Å². The minimum absolute atomic E-state index is 0.103. The van der Waals surface area contributed by atoms with Gasteiger partial charge in [-0.05, 0) is 75.4 Å². The predicted octanol–water partition coefficient (Wildman–Crippen LogP) is 5.84. The molecule has 1 N–H and O–H groups in total. The van der Waals surface area contributed by atoms with Crippen LogP contribution in [0.4, 0.5) is 5.69 Å². The fourth-order valence-electron chi connectivity index (χ4n) is 4.79. The highest BCUT2D eigenvalue weighted by atomic mass is 32.2. The van der Waals surface area contributed by atoms with Gasteiger partial charge in [-0.15, -0.1) is 0 Å². The fourth-order valence-corrected chi connectivity index (χ4v) is 6.26. The molecule has 8 heteroatoms. The lowest BCUT2D eigenvalue weighted by molar-refractivity contribution is -0.140. The first-order valence-electron chi connectivity index (χ1n) is 14.3. The number of benzene rings is 3. The summed E-state index contributed by atoms with van der Waals surface area (Å²) in [7, 11) is -4.10. The zero-order valence-corrected chi connectivity index (χ0v) is 25.9. The Balaban J connectivity index is 2.08. The third-order valence-corrected chi connectivity index (χ3v) is 9.16. The molecule has 0 saturated carbocycles. The standard InChI is InChI=1S/C33H43N3O4S/c1-7-9-20-34-33(38)30(8-2)35(22-28-14-10-12-25(4)21-28)32(37)23-36(31-15-11-13-26(5)27(31)6)41(39,40)29-18-16-24(3)17-19-29/h10-19,21,30H,7-9,20,22-23H2,1-6H3,(H,34,38)/t30-/m0/s1. The van der Waals surface area contributed by atoms with Gasteiger partial charge in [0.05, 0.1) is 10.6 Å². The van der Waals surface area contributed by atoms with Crippen LogP contribution >= 0.6 is 0 Å². The molecule has 0 heterocycles. The van der Waals surface area contributed by atoms with Crippen LogP contribution in [-0.2, 0) is 26.2 Å². The molecule has 0 saturated heterocycles. The molecule has 0 aromatic heterocycles. The maximum absolute atomic E-state index is 14.2. The van der Waals surface area contributed by atoms with Crippen molar-refractivity contribution in [1.29, 1.82) is 0 Å². The maximum Gasteiger partial charge on any atom is 0.264 e. The molecule has 7 nitrogen and oxygen atoms in total. The lowest BCUT2D eigenvalue weighted by Crippen LogP contribution is -2.52. The van der Waals surface area contributed by atoms with Crippen LogP contribution < -0.4 is 9.62 Å². The number of carbonyl (C=O) groups is 2. The van der Waals surface area contributed by atoms with E-state index in [0.29, 0.717) is 18.7 Å². The monoisotopic (exact) mass is 577 g/mol. The molecular formula is C33H43N3O4S. The van der Waals surface area contributed by atoms with E-state index in [-0.39, 0.29) is 17.3 Å². The van der Waals surface area contributed by atoms with Crippen molar-refractivity contribution in [2.45, 2.75) is 78.3 Å². The van der Waals surface area contributed by atoms with E-state index < -0.39 is 28.5 Å². The van der Waals surface area contributed by atoms with Gasteiger partial charge in [0.25, 0.3) is 10.0 Å². The molecule has 2 amide bonds. The maximum atomic E-state index is 14.2.